The SMILES string of the molecule is NC(=O)CC1CCN(c2nc(Br)cs2)CC1. The minimum atomic E-state index is -0.185. The fourth-order valence-corrected chi connectivity index (χ4v) is 3.31. The fourth-order valence-electron chi connectivity index (χ4n) is 2.00. The fraction of sp³-hybridized carbons (Fsp3) is 0.600. The summed E-state index contributed by atoms with van der Waals surface area (Å²) in [6.07, 6.45) is 2.58. The first-order chi connectivity index (χ1) is 7.65. The molecule has 2 heterocycles. The Morgan fingerprint density at radius 2 is 2.31 bits per heavy atom. The van der Waals surface area contributed by atoms with Crippen molar-refractivity contribution in [1.29, 1.82) is 0 Å². The van der Waals surface area contributed by atoms with Gasteiger partial charge in [0, 0.05) is 24.9 Å². The summed E-state index contributed by atoms with van der Waals surface area (Å²) in [5.74, 6) is 0.271. The number of halogens is 1. The van der Waals surface area contributed by atoms with Gasteiger partial charge in [0.15, 0.2) is 5.13 Å². The van der Waals surface area contributed by atoms with Crippen molar-refractivity contribution in [3.8, 4) is 0 Å². The lowest BCUT2D eigenvalue weighted by molar-refractivity contribution is -0.119. The Labute approximate surface area is 107 Å². The third kappa shape index (κ3) is 2.95. The van der Waals surface area contributed by atoms with Crippen molar-refractivity contribution in [3.05, 3.63) is 9.98 Å². The van der Waals surface area contributed by atoms with E-state index in [1.54, 1.807) is 11.3 Å². The molecule has 0 aromatic carbocycles. The van der Waals surface area contributed by atoms with Crippen molar-refractivity contribution in [2.24, 2.45) is 11.7 Å². The highest BCUT2D eigenvalue weighted by Gasteiger charge is 2.22. The molecule has 16 heavy (non-hydrogen) atoms. The van der Waals surface area contributed by atoms with Crippen LogP contribution in [0, 0.1) is 5.92 Å². The molecule has 0 spiro atoms. The maximum Gasteiger partial charge on any atom is 0.217 e. The zero-order chi connectivity index (χ0) is 11.5. The van der Waals surface area contributed by atoms with Crippen LogP contribution in [-0.4, -0.2) is 24.0 Å². The zero-order valence-electron chi connectivity index (χ0n) is 8.86. The van der Waals surface area contributed by atoms with Gasteiger partial charge in [0.25, 0.3) is 0 Å². The van der Waals surface area contributed by atoms with Gasteiger partial charge in [-0.05, 0) is 34.7 Å². The predicted molar refractivity (Wildman–Crippen MR) is 68.6 cm³/mol. The van der Waals surface area contributed by atoms with E-state index in [0.29, 0.717) is 12.3 Å². The number of aromatic nitrogens is 1. The summed E-state index contributed by atoms with van der Waals surface area (Å²) < 4.78 is 0.895. The van der Waals surface area contributed by atoms with E-state index in [1.807, 2.05) is 5.38 Å². The topological polar surface area (TPSA) is 59.2 Å². The van der Waals surface area contributed by atoms with Crippen LogP contribution < -0.4 is 10.6 Å². The lowest BCUT2D eigenvalue weighted by atomic mass is 9.94. The number of anilines is 1. The summed E-state index contributed by atoms with van der Waals surface area (Å²) in [5.41, 5.74) is 5.20. The lowest BCUT2D eigenvalue weighted by Crippen LogP contribution is -2.34. The van der Waals surface area contributed by atoms with Crippen LogP contribution in [-0.2, 0) is 4.79 Å². The van der Waals surface area contributed by atoms with E-state index in [9.17, 15) is 4.79 Å². The quantitative estimate of drug-likeness (QED) is 0.929. The molecule has 0 aliphatic carbocycles. The summed E-state index contributed by atoms with van der Waals surface area (Å²) in [4.78, 5) is 17.5. The third-order valence-corrected chi connectivity index (χ3v) is 4.45. The van der Waals surface area contributed by atoms with Crippen LogP contribution >= 0.6 is 27.3 Å². The number of hydrogen-bond acceptors (Lipinski definition) is 4. The van der Waals surface area contributed by atoms with Gasteiger partial charge in [0.2, 0.25) is 5.91 Å². The highest BCUT2D eigenvalue weighted by molar-refractivity contribution is 9.10. The number of rotatable bonds is 3. The van der Waals surface area contributed by atoms with Gasteiger partial charge in [-0.2, -0.15) is 0 Å². The van der Waals surface area contributed by atoms with Crippen LogP contribution in [0.3, 0.4) is 0 Å². The lowest BCUT2D eigenvalue weighted by Gasteiger charge is -2.31. The maximum atomic E-state index is 10.8. The molecular weight excluding hydrogens is 290 g/mol. The molecule has 0 radical (unpaired) electrons. The normalized spacial score (nSPS) is 17.7. The van der Waals surface area contributed by atoms with E-state index < -0.39 is 0 Å². The second-order valence-corrected chi connectivity index (χ2v) is 5.70. The average Bonchev–Trinajstić information content (AvgIpc) is 2.65. The monoisotopic (exact) mass is 303 g/mol. The van der Waals surface area contributed by atoms with Gasteiger partial charge < -0.3 is 10.6 Å². The molecule has 1 fully saturated rings. The summed E-state index contributed by atoms with van der Waals surface area (Å²) in [5, 5.41) is 3.05. The minimum absolute atomic E-state index is 0.185. The van der Waals surface area contributed by atoms with Crippen LogP contribution in [0.1, 0.15) is 19.3 Å². The molecule has 0 unspecified atom stereocenters. The van der Waals surface area contributed by atoms with E-state index in [4.69, 9.17) is 5.73 Å². The Morgan fingerprint density at radius 1 is 1.62 bits per heavy atom. The Kier molecular flexibility index (Phi) is 3.81. The summed E-state index contributed by atoms with van der Waals surface area (Å²) in [6.45, 7) is 1.94. The van der Waals surface area contributed by atoms with Crippen LogP contribution in [0.4, 0.5) is 5.13 Å². The Hall–Kier alpha value is -0.620. The van der Waals surface area contributed by atoms with Gasteiger partial charge in [0.1, 0.15) is 4.60 Å². The largest absolute Gasteiger partial charge is 0.370 e. The van der Waals surface area contributed by atoms with E-state index in [2.05, 4.69) is 25.8 Å². The van der Waals surface area contributed by atoms with Gasteiger partial charge in [0.05, 0.1) is 0 Å². The van der Waals surface area contributed by atoms with Crippen LogP contribution in [0.5, 0.6) is 0 Å². The highest BCUT2D eigenvalue weighted by Crippen LogP contribution is 2.28. The second kappa shape index (κ2) is 5.14. The van der Waals surface area contributed by atoms with E-state index in [-0.39, 0.29) is 5.91 Å². The predicted octanol–water partition coefficient (Wildman–Crippen LogP) is 2.00. The molecule has 4 nitrogen and oxygen atoms in total. The van der Waals surface area contributed by atoms with Crippen molar-refractivity contribution in [1.82, 2.24) is 4.98 Å². The van der Waals surface area contributed by atoms with Gasteiger partial charge in [-0.15, -0.1) is 11.3 Å². The number of hydrogen-bond donors (Lipinski definition) is 1. The number of carbonyl (C=O) groups is 1. The highest BCUT2D eigenvalue weighted by atomic mass is 79.9. The van der Waals surface area contributed by atoms with Gasteiger partial charge in [-0.25, -0.2) is 4.98 Å². The Balaban J connectivity index is 1.87. The van der Waals surface area contributed by atoms with Crippen molar-refractivity contribution >= 4 is 38.3 Å². The number of piperidine rings is 1. The summed E-state index contributed by atoms with van der Waals surface area (Å²) >= 11 is 5.00. The second-order valence-electron chi connectivity index (χ2n) is 4.05. The van der Waals surface area contributed by atoms with Gasteiger partial charge in [-0.3, -0.25) is 4.79 Å². The van der Waals surface area contributed by atoms with Crippen LogP contribution in [0.25, 0.3) is 0 Å². The average molecular weight is 304 g/mol. The molecule has 6 heteroatoms. The van der Waals surface area contributed by atoms with E-state index in [1.165, 1.54) is 0 Å². The molecule has 0 bridgehead atoms. The first-order valence-electron chi connectivity index (χ1n) is 5.29. The third-order valence-electron chi connectivity index (χ3n) is 2.84. The molecule has 1 saturated heterocycles. The molecule has 1 aromatic heterocycles. The van der Waals surface area contributed by atoms with Crippen molar-refractivity contribution in [2.75, 3.05) is 18.0 Å². The summed E-state index contributed by atoms with van der Waals surface area (Å²) in [7, 11) is 0. The number of amides is 1. The number of primary amides is 1. The Bertz CT molecular complexity index is 374. The first kappa shape index (κ1) is 11.9. The van der Waals surface area contributed by atoms with Crippen molar-refractivity contribution in [2.45, 2.75) is 19.3 Å². The number of carbonyl (C=O) groups excluding carboxylic acids is 1. The number of nitrogens with zero attached hydrogens (tertiary/aromatic N) is 2. The molecule has 1 aliphatic rings. The number of thiazole rings is 1. The molecule has 1 amide bonds. The van der Waals surface area contributed by atoms with Crippen molar-refractivity contribution in [3.63, 3.8) is 0 Å². The van der Waals surface area contributed by atoms with Gasteiger partial charge >= 0.3 is 0 Å². The summed E-state index contributed by atoms with van der Waals surface area (Å²) in [6, 6.07) is 0. The number of nitrogens with two attached hydrogens (primary N) is 1. The Morgan fingerprint density at radius 3 is 2.81 bits per heavy atom. The van der Waals surface area contributed by atoms with E-state index >= 15 is 0 Å². The zero-order valence-corrected chi connectivity index (χ0v) is 11.3. The molecule has 88 valence electrons. The molecule has 2 N–H and O–H groups in total. The van der Waals surface area contributed by atoms with Crippen molar-refractivity contribution < 1.29 is 4.79 Å². The molecule has 0 atom stereocenters. The molecular formula is C10H14BrN3OS. The van der Waals surface area contributed by atoms with E-state index in [0.717, 1.165) is 35.7 Å². The first-order valence-corrected chi connectivity index (χ1v) is 6.96. The minimum Gasteiger partial charge on any atom is -0.370 e. The maximum absolute atomic E-state index is 10.8. The molecule has 0 saturated carbocycles. The molecule has 1 aromatic rings. The molecule has 2 rings (SSSR count). The van der Waals surface area contributed by atoms with Gasteiger partial charge in [-0.1, -0.05) is 0 Å². The van der Waals surface area contributed by atoms with Crippen LogP contribution in [0.2, 0.25) is 0 Å². The smallest absolute Gasteiger partial charge is 0.217 e. The molecule has 1 aliphatic heterocycles. The standard InChI is InChI=1S/C10H14BrN3OS/c11-8-6-16-10(13-8)14-3-1-7(2-4-14)5-9(12)15/h6-7H,1-5H2,(H2,12,15). The van der Waals surface area contributed by atoms with Crippen LogP contribution in [0.15, 0.2) is 9.98 Å².